The molecule has 7 nitrogen and oxygen atoms in total. The van der Waals surface area contributed by atoms with Crippen molar-refractivity contribution in [1.82, 2.24) is 20.1 Å². The van der Waals surface area contributed by atoms with Gasteiger partial charge in [0.25, 0.3) is 5.91 Å². The summed E-state index contributed by atoms with van der Waals surface area (Å²) in [5, 5.41) is 21.2. The molecule has 0 spiro atoms. The number of aromatic nitrogens is 1. The Hall–Kier alpha value is -2.32. The summed E-state index contributed by atoms with van der Waals surface area (Å²) < 4.78 is 0. The first-order valence-electron chi connectivity index (χ1n) is 11.8. The van der Waals surface area contributed by atoms with E-state index in [4.69, 9.17) is 10.8 Å². The van der Waals surface area contributed by atoms with Crippen LogP contribution < -0.4 is 5.32 Å². The van der Waals surface area contributed by atoms with Crippen molar-refractivity contribution in [3.8, 4) is 0 Å². The third kappa shape index (κ3) is 6.60. The van der Waals surface area contributed by atoms with Crippen LogP contribution in [0.15, 0.2) is 30.5 Å². The smallest absolute Gasteiger partial charge is 0.276 e. The van der Waals surface area contributed by atoms with Gasteiger partial charge >= 0.3 is 0 Å². The molecule has 184 valence electrons. The van der Waals surface area contributed by atoms with Gasteiger partial charge in [0, 0.05) is 51.2 Å². The third-order valence-corrected chi connectivity index (χ3v) is 7.46. The topological polar surface area (TPSA) is 99.1 Å². The second-order valence-electron chi connectivity index (χ2n) is 9.71. The molecule has 0 saturated carbocycles. The molecule has 1 aliphatic heterocycles. The number of fused-ring (bicyclic) bond motifs is 1. The number of nitrogens with one attached hydrogen (secondary N) is 4. The number of likely N-dealkylation sites (N-methyl/N-ethyl adjacent to an activating group) is 1. The number of aromatic amines is 1. The summed E-state index contributed by atoms with van der Waals surface area (Å²) >= 11 is 0.952. The number of carbonyl (C=O) groups excluding carboxylic acids is 1. The zero-order chi connectivity index (χ0) is 24.1. The molecule has 2 aromatic rings. The highest BCUT2D eigenvalue weighted by molar-refractivity contribution is 8.27. The number of nitrogens with zero attached hydrogens (tertiary/aromatic N) is 2. The normalized spacial score (nSPS) is 20.2. The summed E-state index contributed by atoms with van der Waals surface area (Å²) in [6.45, 7) is 10.1. The second-order valence-corrected chi connectivity index (χ2v) is 10.7. The molecule has 4 N–H and O–H groups in total. The number of rotatable bonds is 6. The number of carbonyl (C=O) groups is 1. The number of amidine groups is 1. The van der Waals surface area contributed by atoms with Crippen LogP contribution in [-0.4, -0.2) is 69.2 Å². The SMILES string of the molecule is CC(C)CCC(Cc1c[nH]c2ccccc12)NC(=O)C(=N)SC(=N)N1C[C@@H](C)N(C)[C@@H](C)C1.[HH].[HH]. The Kier molecular flexibility index (Phi) is 8.59. The number of para-hydroxylation sites is 1. The van der Waals surface area contributed by atoms with Crippen LogP contribution in [0.4, 0.5) is 0 Å². The molecule has 1 unspecified atom stereocenters. The number of hydrogen-bond donors (Lipinski definition) is 4. The lowest BCUT2D eigenvalue weighted by Crippen LogP contribution is -2.56. The summed E-state index contributed by atoms with van der Waals surface area (Å²) in [6, 6.07) is 8.79. The third-order valence-electron chi connectivity index (χ3n) is 6.62. The van der Waals surface area contributed by atoms with Crippen molar-refractivity contribution in [3.63, 3.8) is 0 Å². The molecule has 0 bridgehead atoms. The van der Waals surface area contributed by atoms with E-state index < -0.39 is 5.91 Å². The van der Waals surface area contributed by atoms with Crippen LogP contribution in [0, 0.1) is 16.7 Å². The highest BCUT2D eigenvalue weighted by Gasteiger charge is 2.29. The van der Waals surface area contributed by atoms with Crippen LogP contribution in [0.2, 0.25) is 0 Å². The molecule has 3 rings (SSSR count). The summed E-state index contributed by atoms with van der Waals surface area (Å²) in [6.07, 6.45) is 4.59. The molecule has 1 saturated heterocycles. The van der Waals surface area contributed by atoms with Gasteiger partial charge in [-0.3, -0.25) is 20.5 Å². The molecule has 1 amide bonds. The van der Waals surface area contributed by atoms with Crippen molar-refractivity contribution >= 4 is 38.8 Å². The van der Waals surface area contributed by atoms with E-state index >= 15 is 0 Å². The summed E-state index contributed by atoms with van der Waals surface area (Å²) in [5.41, 5.74) is 2.26. The number of thioether (sulfide) groups is 1. The fraction of sp³-hybridized carbons (Fsp3) is 0.560. The van der Waals surface area contributed by atoms with Crippen molar-refractivity contribution in [2.75, 3.05) is 20.1 Å². The monoisotopic (exact) mass is 474 g/mol. The molecule has 2 heterocycles. The first kappa shape index (κ1) is 25.3. The van der Waals surface area contributed by atoms with E-state index in [0.29, 0.717) is 24.4 Å². The number of H-pyrrole nitrogens is 1. The minimum Gasteiger partial charge on any atom is -0.361 e. The van der Waals surface area contributed by atoms with Gasteiger partial charge in [0.2, 0.25) is 0 Å². The maximum absolute atomic E-state index is 12.9. The van der Waals surface area contributed by atoms with Crippen molar-refractivity contribution in [1.29, 1.82) is 10.8 Å². The van der Waals surface area contributed by atoms with E-state index in [2.05, 4.69) is 62.1 Å². The van der Waals surface area contributed by atoms with E-state index in [0.717, 1.165) is 43.2 Å². The standard InChI is InChI=1S/C25H38N6OS.2H2/c1-16(2)10-11-20(12-19-13-28-22-9-7-6-8-21(19)22)29-24(32)23(26)33-25(27)31-14-17(3)30(5)18(4)15-31;;/h6-9,13,16-18,20,26-28H,10-12,14-15H2,1-5H3,(H,29,32);2*1H/t17-,18+,20?;;. The van der Waals surface area contributed by atoms with Gasteiger partial charge in [-0.1, -0.05) is 32.0 Å². The van der Waals surface area contributed by atoms with Crippen LogP contribution in [0.3, 0.4) is 0 Å². The van der Waals surface area contributed by atoms with Gasteiger partial charge < -0.3 is 15.2 Å². The van der Waals surface area contributed by atoms with E-state index in [9.17, 15) is 4.79 Å². The molecular formula is C25H42N6OS. The van der Waals surface area contributed by atoms with Crippen LogP contribution in [0.5, 0.6) is 0 Å². The van der Waals surface area contributed by atoms with Crippen molar-refractivity contribution in [2.45, 2.75) is 65.1 Å². The molecular weight excluding hydrogens is 432 g/mol. The van der Waals surface area contributed by atoms with E-state index in [-0.39, 0.29) is 19.1 Å². The molecule has 1 aromatic carbocycles. The van der Waals surface area contributed by atoms with Crippen LogP contribution >= 0.6 is 11.8 Å². The zero-order valence-electron chi connectivity index (χ0n) is 20.4. The number of benzene rings is 1. The lowest BCUT2D eigenvalue weighted by atomic mass is 9.97. The van der Waals surface area contributed by atoms with Crippen LogP contribution in [-0.2, 0) is 11.2 Å². The first-order chi connectivity index (χ1) is 15.7. The fourth-order valence-electron chi connectivity index (χ4n) is 4.35. The maximum atomic E-state index is 12.9. The number of piperazine rings is 1. The maximum Gasteiger partial charge on any atom is 0.276 e. The Morgan fingerprint density at radius 2 is 1.88 bits per heavy atom. The van der Waals surface area contributed by atoms with Crippen molar-refractivity contribution < 1.29 is 7.65 Å². The quantitative estimate of drug-likeness (QED) is 0.357. The predicted octanol–water partition coefficient (Wildman–Crippen LogP) is 4.79. The molecule has 0 radical (unpaired) electrons. The average Bonchev–Trinajstić information content (AvgIpc) is 3.18. The van der Waals surface area contributed by atoms with E-state index in [1.54, 1.807) is 0 Å². The fourth-order valence-corrected chi connectivity index (χ4v) is 4.98. The Labute approximate surface area is 204 Å². The molecule has 1 aromatic heterocycles. The predicted molar refractivity (Wildman–Crippen MR) is 144 cm³/mol. The Morgan fingerprint density at radius 1 is 1.21 bits per heavy atom. The molecule has 1 aliphatic rings. The van der Waals surface area contributed by atoms with Crippen molar-refractivity contribution in [3.05, 3.63) is 36.0 Å². The second kappa shape index (κ2) is 11.2. The van der Waals surface area contributed by atoms with Gasteiger partial charge in [-0.2, -0.15) is 0 Å². The number of amides is 1. The largest absolute Gasteiger partial charge is 0.361 e. The van der Waals surface area contributed by atoms with Gasteiger partial charge in [0.05, 0.1) is 0 Å². The van der Waals surface area contributed by atoms with E-state index in [1.165, 1.54) is 10.9 Å². The Morgan fingerprint density at radius 3 is 2.55 bits per heavy atom. The van der Waals surface area contributed by atoms with Crippen LogP contribution in [0.25, 0.3) is 10.9 Å². The molecule has 3 atom stereocenters. The highest BCUT2D eigenvalue weighted by atomic mass is 32.2. The molecule has 33 heavy (non-hydrogen) atoms. The van der Waals surface area contributed by atoms with Gasteiger partial charge in [-0.05, 0) is 69.5 Å². The molecule has 0 aliphatic carbocycles. The first-order valence-corrected chi connectivity index (χ1v) is 12.6. The van der Waals surface area contributed by atoms with Gasteiger partial charge in [0.15, 0.2) is 10.2 Å². The summed E-state index contributed by atoms with van der Waals surface area (Å²) in [4.78, 5) is 20.5. The Bertz CT molecular complexity index is 985. The van der Waals surface area contributed by atoms with E-state index in [1.807, 2.05) is 23.2 Å². The number of hydrogen-bond acceptors (Lipinski definition) is 5. The van der Waals surface area contributed by atoms with Gasteiger partial charge in [0.1, 0.15) is 0 Å². The summed E-state index contributed by atoms with van der Waals surface area (Å²) in [7, 11) is 2.10. The van der Waals surface area contributed by atoms with Gasteiger partial charge in [-0.25, -0.2) is 0 Å². The highest BCUT2D eigenvalue weighted by Crippen LogP contribution is 2.22. The molecule has 8 heteroatoms. The van der Waals surface area contributed by atoms with Crippen molar-refractivity contribution in [2.24, 2.45) is 5.92 Å². The van der Waals surface area contributed by atoms with Gasteiger partial charge in [-0.15, -0.1) is 0 Å². The average molecular weight is 475 g/mol. The zero-order valence-corrected chi connectivity index (χ0v) is 21.3. The Balaban J connectivity index is 0.00000306. The minimum atomic E-state index is -0.395. The van der Waals surface area contributed by atoms with Crippen LogP contribution in [0.1, 0.15) is 49.0 Å². The minimum absolute atomic E-state index is 0. The lowest BCUT2D eigenvalue weighted by Gasteiger charge is -2.43. The molecule has 1 fully saturated rings. The summed E-state index contributed by atoms with van der Waals surface area (Å²) in [5.74, 6) is 0.143. The lowest BCUT2D eigenvalue weighted by molar-refractivity contribution is -0.115.